The maximum Gasteiger partial charge on any atom is 0.165 e. The van der Waals surface area contributed by atoms with Gasteiger partial charge >= 0.3 is 0 Å². The maximum atomic E-state index is 5.53. The Morgan fingerprint density at radius 1 is 1.38 bits per heavy atom. The van der Waals surface area contributed by atoms with Crippen molar-refractivity contribution < 1.29 is 4.42 Å². The lowest BCUT2D eigenvalue weighted by molar-refractivity contribution is 0.535. The number of nitrogen functional groups attached to an aromatic ring is 1. The summed E-state index contributed by atoms with van der Waals surface area (Å²) in [5.41, 5.74) is 6.41. The van der Waals surface area contributed by atoms with Crippen LogP contribution in [0.1, 0.15) is 5.76 Å². The van der Waals surface area contributed by atoms with E-state index in [0.29, 0.717) is 11.6 Å². The third-order valence-corrected chi connectivity index (χ3v) is 1.78. The van der Waals surface area contributed by atoms with Crippen LogP contribution in [0.15, 0.2) is 29.0 Å². The zero-order chi connectivity index (χ0) is 9.26. The average Bonchev–Trinajstić information content (AvgIpc) is 2.51. The molecule has 0 fully saturated rings. The number of aromatic nitrogens is 2. The van der Waals surface area contributed by atoms with Crippen molar-refractivity contribution in [1.29, 1.82) is 0 Å². The molecule has 0 aliphatic carbocycles. The van der Waals surface area contributed by atoms with Crippen LogP contribution in [0.3, 0.4) is 0 Å². The molecule has 2 heterocycles. The molecule has 2 rings (SSSR count). The van der Waals surface area contributed by atoms with Crippen LogP contribution in [-0.4, -0.2) is 9.97 Å². The summed E-state index contributed by atoms with van der Waals surface area (Å²) in [5, 5.41) is 0. The molecular weight excluding hydrogens is 166 g/mol. The highest BCUT2D eigenvalue weighted by Crippen LogP contribution is 2.20. The number of nitrogens with two attached hydrogens (primary N) is 1. The molecule has 0 unspecified atom stereocenters. The van der Waals surface area contributed by atoms with Gasteiger partial charge in [-0.05, 0) is 19.1 Å². The van der Waals surface area contributed by atoms with Gasteiger partial charge < -0.3 is 10.2 Å². The summed E-state index contributed by atoms with van der Waals surface area (Å²) in [6.07, 6.45) is 3.24. The number of furan rings is 1. The first kappa shape index (κ1) is 7.79. The highest BCUT2D eigenvalue weighted by molar-refractivity contribution is 5.58. The summed E-state index contributed by atoms with van der Waals surface area (Å²) in [4.78, 5) is 8.17. The van der Waals surface area contributed by atoms with E-state index in [9.17, 15) is 0 Å². The van der Waals surface area contributed by atoms with Crippen molar-refractivity contribution in [2.75, 3.05) is 5.73 Å². The van der Waals surface area contributed by atoms with Gasteiger partial charge in [0.15, 0.2) is 5.82 Å². The van der Waals surface area contributed by atoms with Gasteiger partial charge in [-0.2, -0.15) is 0 Å². The quantitative estimate of drug-likeness (QED) is 0.715. The average molecular weight is 175 g/mol. The number of hydrogen-bond acceptors (Lipinski definition) is 4. The van der Waals surface area contributed by atoms with E-state index >= 15 is 0 Å². The predicted octanol–water partition coefficient (Wildman–Crippen LogP) is 1.63. The summed E-state index contributed by atoms with van der Waals surface area (Å²) < 4.78 is 5.14. The molecule has 0 saturated heterocycles. The molecule has 4 nitrogen and oxygen atoms in total. The topological polar surface area (TPSA) is 64.9 Å². The number of rotatable bonds is 1. The molecule has 2 aromatic heterocycles. The Balaban J connectivity index is 2.53. The van der Waals surface area contributed by atoms with Crippen LogP contribution >= 0.6 is 0 Å². The normalized spacial score (nSPS) is 10.2. The third kappa shape index (κ3) is 1.38. The lowest BCUT2D eigenvalue weighted by Crippen LogP contribution is -1.94. The second-order valence-corrected chi connectivity index (χ2v) is 2.70. The Bertz CT molecular complexity index is 422. The van der Waals surface area contributed by atoms with Crippen LogP contribution in [0.5, 0.6) is 0 Å². The van der Waals surface area contributed by atoms with E-state index in [2.05, 4.69) is 9.97 Å². The van der Waals surface area contributed by atoms with Gasteiger partial charge in [0, 0.05) is 6.20 Å². The van der Waals surface area contributed by atoms with Crippen molar-refractivity contribution in [3.8, 4) is 11.4 Å². The van der Waals surface area contributed by atoms with E-state index in [1.54, 1.807) is 18.5 Å². The Kier molecular flexibility index (Phi) is 1.73. The summed E-state index contributed by atoms with van der Waals surface area (Å²) in [6, 6.07) is 3.48. The first-order valence-corrected chi connectivity index (χ1v) is 3.90. The molecule has 0 atom stereocenters. The SMILES string of the molecule is Cc1occc1-c1nccc(N)n1. The van der Waals surface area contributed by atoms with Gasteiger partial charge in [0.2, 0.25) is 0 Å². The van der Waals surface area contributed by atoms with Crippen LogP contribution in [0, 0.1) is 6.92 Å². The molecule has 4 heteroatoms. The number of nitrogens with zero attached hydrogens (tertiary/aromatic N) is 2. The molecule has 0 amide bonds. The largest absolute Gasteiger partial charge is 0.469 e. The minimum atomic E-state index is 0.464. The Labute approximate surface area is 75.4 Å². The number of hydrogen-bond donors (Lipinski definition) is 1. The van der Waals surface area contributed by atoms with E-state index in [-0.39, 0.29) is 0 Å². The smallest absolute Gasteiger partial charge is 0.165 e. The summed E-state index contributed by atoms with van der Waals surface area (Å²) in [7, 11) is 0. The Morgan fingerprint density at radius 3 is 2.85 bits per heavy atom. The van der Waals surface area contributed by atoms with Gasteiger partial charge in [-0.3, -0.25) is 0 Å². The second kappa shape index (κ2) is 2.90. The summed E-state index contributed by atoms with van der Waals surface area (Å²) >= 11 is 0. The van der Waals surface area contributed by atoms with E-state index in [1.807, 2.05) is 13.0 Å². The van der Waals surface area contributed by atoms with Gasteiger partial charge in [-0.15, -0.1) is 0 Å². The zero-order valence-electron chi connectivity index (χ0n) is 7.19. The maximum absolute atomic E-state index is 5.53. The van der Waals surface area contributed by atoms with E-state index in [0.717, 1.165) is 11.3 Å². The molecule has 13 heavy (non-hydrogen) atoms. The van der Waals surface area contributed by atoms with E-state index < -0.39 is 0 Å². The van der Waals surface area contributed by atoms with Crippen molar-refractivity contribution >= 4 is 5.82 Å². The van der Waals surface area contributed by atoms with Gasteiger partial charge in [-0.25, -0.2) is 9.97 Å². The van der Waals surface area contributed by atoms with Crippen molar-refractivity contribution in [2.45, 2.75) is 6.92 Å². The predicted molar refractivity (Wildman–Crippen MR) is 48.9 cm³/mol. The lowest BCUT2D eigenvalue weighted by Gasteiger charge is -1.97. The molecule has 0 spiro atoms. The minimum absolute atomic E-state index is 0.464. The molecular formula is C9H9N3O. The van der Waals surface area contributed by atoms with Crippen molar-refractivity contribution in [2.24, 2.45) is 0 Å². The van der Waals surface area contributed by atoms with Crippen LogP contribution in [0.25, 0.3) is 11.4 Å². The molecule has 0 bridgehead atoms. The number of aryl methyl sites for hydroxylation is 1. The zero-order valence-corrected chi connectivity index (χ0v) is 7.19. The van der Waals surface area contributed by atoms with Crippen molar-refractivity contribution in [1.82, 2.24) is 9.97 Å². The van der Waals surface area contributed by atoms with Crippen LogP contribution < -0.4 is 5.73 Å². The van der Waals surface area contributed by atoms with Crippen LogP contribution in [0.4, 0.5) is 5.82 Å². The highest BCUT2D eigenvalue weighted by Gasteiger charge is 2.06. The molecule has 2 N–H and O–H groups in total. The fraction of sp³-hybridized carbons (Fsp3) is 0.111. The van der Waals surface area contributed by atoms with Gasteiger partial charge in [0.25, 0.3) is 0 Å². The minimum Gasteiger partial charge on any atom is -0.469 e. The first-order valence-electron chi connectivity index (χ1n) is 3.90. The molecule has 0 aromatic carbocycles. The monoisotopic (exact) mass is 175 g/mol. The Hall–Kier alpha value is -1.84. The Morgan fingerprint density at radius 2 is 2.23 bits per heavy atom. The fourth-order valence-electron chi connectivity index (χ4n) is 1.12. The van der Waals surface area contributed by atoms with Crippen molar-refractivity contribution in [3.05, 3.63) is 30.4 Å². The molecule has 2 aromatic rings. The first-order chi connectivity index (χ1) is 6.27. The molecule has 0 radical (unpaired) electrons. The van der Waals surface area contributed by atoms with Crippen molar-refractivity contribution in [3.63, 3.8) is 0 Å². The second-order valence-electron chi connectivity index (χ2n) is 2.70. The third-order valence-electron chi connectivity index (χ3n) is 1.78. The van der Waals surface area contributed by atoms with Crippen LogP contribution in [-0.2, 0) is 0 Å². The lowest BCUT2D eigenvalue weighted by atomic mass is 10.2. The summed E-state index contributed by atoms with van der Waals surface area (Å²) in [6.45, 7) is 1.86. The molecule has 0 saturated carbocycles. The fourth-order valence-corrected chi connectivity index (χ4v) is 1.12. The summed E-state index contributed by atoms with van der Waals surface area (Å²) in [5.74, 6) is 1.86. The molecule has 0 aliphatic rings. The van der Waals surface area contributed by atoms with Gasteiger partial charge in [-0.1, -0.05) is 0 Å². The van der Waals surface area contributed by atoms with Gasteiger partial charge in [0.1, 0.15) is 11.6 Å². The molecule has 0 aliphatic heterocycles. The number of anilines is 1. The molecule has 66 valence electrons. The standard InChI is InChI=1S/C9H9N3O/c1-6-7(3-5-13-6)9-11-4-2-8(10)12-9/h2-5H,1H3,(H2,10,11,12). The van der Waals surface area contributed by atoms with E-state index in [4.69, 9.17) is 10.2 Å². The van der Waals surface area contributed by atoms with E-state index in [1.165, 1.54) is 0 Å². The van der Waals surface area contributed by atoms with Gasteiger partial charge in [0.05, 0.1) is 11.8 Å². The highest BCUT2D eigenvalue weighted by atomic mass is 16.3. The van der Waals surface area contributed by atoms with Crippen LogP contribution in [0.2, 0.25) is 0 Å².